The SMILES string of the molecule is CC(C)(C)OC(=O)NCC#Cc1ccccc1CO. The van der Waals surface area contributed by atoms with Crippen molar-refractivity contribution in [3.05, 3.63) is 35.4 Å². The van der Waals surface area contributed by atoms with Gasteiger partial charge < -0.3 is 15.2 Å². The van der Waals surface area contributed by atoms with Gasteiger partial charge in [-0.05, 0) is 32.4 Å². The maximum atomic E-state index is 11.4. The van der Waals surface area contributed by atoms with Crippen LogP contribution < -0.4 is 5.32 Å². The van der Waals surface area contributed by atoms with Crippen molar-refractivity contribution in [1.29, 1.82) is 0 Å². The number of hydrogen-bond acceptors (Lipinski definition) is 3. The standard InChI is InChI=1S/C15H19NO3/c1-15(2,3)19-14(18)16-10-6-9-12-7-4-5-8-13(12)11-17/h4-5,7-8,17H,10-11H2,1-3H3,(H,16,18). The Balaban J connectivity index is 2.50. The van der Waals surface area contributed by atoms with Crippen molar-refractivity contribution in [3.8, 4) is 11.8 Å². The molecule has 1 aromatic carbocycles. The topological polar surface area (TPSA) is 58.6 Å². The molecule has 0 aromatic heterocycles. The van der Waals surface area contributed by atoms with E-state index in [4.69, 9.17) is 9.84 Å². The van der Waals surface area contributed by atoms with Crippen LogP contribution in [0.4, 0.5) is 4.79 Å². The van der Waals surface area contributed by atoms with Crippen LogP contribution in [0.2, 0.25) is 0 Å². The molecule has 1 aromatic rings. The van der Waals surface area contributed by atoms with Crippen LogP contribution in [0.15, 0.2) is 24.3 Å². The number of nitrogens with one attached hydrogen (secondary N) is 1. The number of hydrogen-bond donors (Lipinski definition) is 2. The highest BCUT2D eigenvalue weighted by molar-refractivity contribution is 5.68. The number of aliphatic hydroxyl groups is 1. The molecule has 0 bridgehead atoms. The molecule has 0 saturated carbocycles. The summed E-state index contributed by atoms with van der Waals surface area (Å²) < 4.78 is 5.08. The maximum Gasteiger partial charge on any atom is 0.408 e. The van der Waals surface area contributed by atoms with Crippen molar-refractivity contribution in [2.45, 2.75) is 33.0 Å². The van der Waals surface area contributed by atoms with E-state index >= 15 is 0 Å². The van der Waals surface area contributed by atoms with E-state index in [0.29, 0.717) is 0 Å². The zero-order valence-corrected chi connectivity index (χ0v) is 11.5. The van der Waals surface area contributed by atoms with Crippen molar-refractivity contribution in [2.24, 2.45) is 0 Å². The van der Waals surface area contributed by atoms with E-state index in [-0.39, 0.29) is 13.2 Å². The van der Waals surface area contributed by atoms with Crippen molar-refractivity contribution in [2.75, 3.05) is 6.54 Å². The lowest BCUT2D eigenvalue weighted by Gasteiger charge is -2.19. The van der Waals surface area contributed by atoms with Crippen LogP contribution in [-0.2, 0) is 11.3 Å². The Morgan fingerprint density at radius 2 is 2.05 bits per heavy atom. The van der Waals surface area contributed by atoms with Gasteiger partial charge in [-0.3, -0.25) is 0 Å². The fraction of sp³-hybridized carbons (Fsp3) is 0.400. The number of carbonyl (C=O) groups excluding carboxylic acids is 1. The van der Waals surface area contributed by atoms with Crippen molar-refractivity contribution in [3.63, 3.8) is 0 Å². The monoisotopic (exact) mass is 261 g/mol. The average molecular weight is 261 g/mol. The minimum Gasteiger partial charge on any atom is -0.444 e. The van der Waals surface area contributed by atoms with E-state index in [0.717, 1.165) is 11.1 Å². The van der Waals surface area contributed by atoms with Crippen LogP contribution in [0.3, 0.4) is 0 Å². The van der Waals surface area contributed by atoms with Gasteiger partial charge in [0.05, 0.1) is 13.2 Å². The summed E-state index contributed by atoms with van der Waals surface area (Å²) in [6.45, 7) is 5.56. The molecule has 0 aliphatic carbocycles. The van der Waals surface area contributed by atoms with Gasteiger partial charge in [-0.25, -0.2) is 4.79 Å². The first-order chi connectivity index (χ1) is 8.92. The molecular formula is C15H19NO3. The van der Waals surface area contributed by atoms with Gasteiger partial charge >= 0.3 is 6.09 Å². The molecule has 1 amide bonds. The summed E-state index contributed by atoms with van der Waals surface area (Å²) in [5.41, 5.74) is 1.02. The van der Waals surface area contributed by atoms with Crippen LogP contribution in [0.5, 0.6) is 0 Å². The molecule has 0 aliphatic rings. The third-order valence-electron chi connectivity index (χ3n) is 2.13. The Hall–Kier alpha value is -1.99. The number of aliphatic hydroxyl groups excluding tert-OH is 1. The third-order valence-corrected chi connectivity index (χ3v) is 2.13. The number of rotatable bonds is 2. The maximum absolute atomic E-state index is 11.4. The van der Waals surface area contributed by atoms with E-state index < -0.39 is 11.7 Å². The highest BCUT2D eigenvalue weighted by atomic mass is 16.6. The molecule has 0 fully saturated rings. The highest BCUT2D eigenvalue weighted by Gasteiger charge is 2.14. The second-order valence-corrected chi connectivity index (χ2v) is 4.97. The van der Waals surface area contributed by atoms with Gasteiger partial charge in [0.1, 0.15) is 5.60 Å². The van der Waals surface area contributed by atoms with Gasteiger partial charge in [0, 0.05) is 5.56 Å². The zero-order valence-electron chi connectivity index (χ0n) is 11.5. The Kier molecular flexibility index (Phi) is 5.40. The van der Waals surface area contributed by atoms with Gasteiger partial charge in [0.2, 0.25) is 0 Å². The third kappa shape index (κ3) is 5.94. The van der Waals surface area contributed by atoms with Gasteiger partial charge in [-0.2, -0.15) is 0 Å². The lowest BCUT2D eigenvalue weighted by atomic mass is 10.1. The van der Waals surface area contributed by atoms with E-state index in [1.54, 1.807) is 20.8 Å². The van der Waals surface area contributed by atoms with E-state index in [1.165, 1.54) is 0 Å². The summed E-state index contributed by atoms with van der Waals surface area (Å²) >= 11 is 0. The number of alkyl carbamates (subject to hydrolysis) is 1. The van der Waals surface area contributed by atoms with Crippen molar-refractivity contribution < 1.29 is 14.6 Å². The predicted molar refractivity (Wildman–Crippen MR) is 73.5 cm³/mol. The van der Waals surface area contributed by atoms with Gasteiger partial charge in [0.15, 0.2) is 0 Å². The molecule has 102 valence electrons. The first-order valence-corrected chi connectivity index (χ1v) is 6.07. The molecule has 0 aliphatic heterocycles. The fourth-order valence-electron chi connectivity index (χ4n) is 1.35. The largest absolute Gasteiger partial charge is 0.444 e. The smallest absolute Gasteiger partial charge is 0.408 e. The van der Waals surface area contributed by atoms with Gasteiger partial charge in [0.25, 0.3) is 0 Å². The molecule has 0 spiro atoms. The van der Waals surface area contributed by atoms with Crippen LogP contribution in [0.1, 0.15) is 31.9 Å². The summed E-state index contributed by atoms with van der Waals surface area (Å²) in [5, 5.41) is 11.7. The first-order valence-electron chi connectivity index (χ1n) is 6.07. The summed E-state index contributed by atoms with van der Waals surface area (Å²) in [4.78, 5) is 11.4. The molecule has 0 unspecified atom stereocenters. The molecule has 2 N–H and O–H groups in total. The minimum absolute atomic E-state index is 0.0512. The van der Waals surface area contributed by atoms with Gasteiger partial charge in [-0.1, -0.05) is 30.0 Å². The fourth-order valence-corrected chi connectivity index (χ4v) is 1.35. The molecule has 1 rings (SSSR count). The number of ether oxygens (including phenoxy) is 1. The average Bonchev–Trinajstić information content (AvgIpc) is 2.33. The Morgan fingerprint density at radius 1 is 1.37 bits per heavy atom. The summed E-state index contributed by atoms with van der Waals surface area (Å²) in [6.07, 6.45) is -0.489. The molecule has 0 atom stereocenters. The van der Waals surface area contributed by atoms with Gasteiger partial charge in [-0.15, -0.1) is 0 Å². The second-order valence-electron chi connectivity index (χ2n) is 4.97. The number of carbonyl (C=O) groups is 1. The number of amides is 1. The van der Waals surface area contributed by atoms with E-state index in [1.807, 2.05) is 24.3 Å². The molecule has 0 heterocycles. The van der Waals surface area contributed by atoms with E-state index in [2.05, 4.69) is 17.2 Å². The Bertz CT molecular complexity index is 492. The lowest BCUT2D eigenvalue weighted by molar-refractivity contribution is 0.0535. The summed E-state index contributed by atoms with van der Waals surface area (Å²) in [6, 6.07) is 7.33. The van der Waals surface area contributed by atoms with Crippen LogP contribution in [-0.4, -0.2) is 23.3 Å². The molecule has 0 saturated heterocycles. The Morgan fingerprint density at radius 3 is 2.68 bits per heavy atom. The summed E-state index contributed by atoms with van der Waals surface area (Å²) in [5.74, 6) is 5.72. The molecular weight excluding hydrogens is 242 g/mol. The quantitative estimate of drug-likeness (QED) is 0.801. The molecule has 4 nitrogen and oxygen atoms in total. The number of benzene rings is 1. The van der Waals surface area contributed by atoms with Crippen LogP contribution in [0, 0.1) is 11.8 Å². The lowest BCUT2D eigenvalue weighted by Crippen LogP contribution is -2.32. The summed E-state index contributed by atoms with van der Waals surface area (Å²) in [7, 11) is 0. The Labute approximate surface area is 113 Å². The zero-order chi connectivity index (χ0) is 14.3. The highest BCUT2D eigenvalue weighted by Crippen LogP contribution is 2.07. The van der Waals surface area contributed by atoms with Crippen LogP contribution in [0.25, 0.3) is 0 Å². The molecule has 19 heavy (non-hydrogen) atoms. The van der Waals surface area contributed by atoms with Crippen LogP contribution >= 0.6 is 0 Å². The van der Waals surface area contributed by atoms with Crippen molar-refractivity contribution >= 4 is 6.09 Å². The second kappa shape index (κ2) is 6.81. The first kappa shape index (κ1) is 15.1. The minimum atomic E-state index is -0.513. The normalized spacial score (nSPS) is 10.3. The molecule has 0 radical (unpaired) electrons. The predicted octanol–water partition coefficient (Wildman–Crippen LogP) is 2.06. The van der Waals surface area contributed by atoms with Crippen molar-refractivity contribution in [1.82, 2.24) is 5.32 Å². The molecule has 4 heteroatoms. The van der Waals surface area contributed by atoms with E-state index in [9.17, 15) is 4.79 Å².